The van der Waals surface area contributed by atoms with Crippen LogP contribution in [0.5, 0.6) is 0 Å². The van der Waals surface area contributed by atoms with E-state index in [1.807, 2.05) is 48.5 Å². The van der Waals surface area contributed by atoms with Crippen molar-refractivity contribution >= 4 is 23.8 Å². The molecule has 2 N–H and O–H groups in total. The van der Waals surface area contributed by atoms with E-state index in [0.717, 1.165) is 37.7 Å². The highest BCUT2D eigenvalue weighted by molar-refractivity contribution is 8.04. The van der Waals surface area contributed by atoms with E-state index in [1.54, 1.807) is 24.1 Å². The number of benzene rings is 2. The number of ether oxygens (including phenoxy) is 1. The molecule has 7 heteroatoms. The Bertz CT molecular complexity index is 1010. The molecule has 33 heavy (non-hydrogen) atoms. The molecule has 1 unspecified atom stereocenters. The minimum atomic E-state index is -1.45. The number of hydrogen-bond acceptors (Lipinski definition) is 5. The summed E-state index contributed by atoms with van der Waals surface area (Å²) in [5.41, 5.74) is 0.331. The number of carbonyl (C=O) groups is 2. The van der Waals surface area contributed by atoms with E-state index in [9.17, 15) is 14.7 Å². The maximum atomic E-state index is 13.1. The van der Waals surface area contributed by atoms with Crippen molar-refractivity contribution in [1.29, 1.82) is 0 Å². The van der Waals surface area contributed by atoms with Crippen LogP contribution in [0.1, 0.15) is 43.2 Å². The van der Waals surface area contributed by atoms with Gasteiger partial charge in [0, 0.05) is 24.4 Å². The van der Waals surface area contributed by atoms with E-state index in [4.69, 9.17) is 4.74 Å². The molecule has 2 aromatic rings. The first kappa shape index (κ1) is 23.2. The van der Waals surface area contributed by atoms with Gasteiger partial charge in [0.2, 0.25) is 5.72 Å². The van der Waals surface area contributed by atoms with Gasteiger partial charge in [0.25, 0.3) is 0 Å². The van der Waals surface area contributed by atoms with Crippen LogP contribution in [0.25, 0.3) is 0 Å². The Morgan fingerprint density at radius 2 is 1.76 bits per heavy atom. The molecule has 1 heterocycles. The highest BCUT2D eigenvalue weighted by atomic mass is 32.2. The highest BCUT2D eigenvalue weighted by Crippen LogP contribution is 2.39. The number of thioether (sulfide) groups is 1. The normalized spacial score (nSPS) is 21.1. The lowest BCUT2D eigenvalue weighted by Crippen LogP contribution is -2.56. The van der Waals surface area contributed by atoms with Gasteiger partial charge in [-0.25, -0.2) is 9.59 Å². The van der Waals surface area contributed by atoms with Gasteiger partial charge in [0.1, 0.15) is 10.7 Å². The Hall–Kier alpha value is -2.93. The summed E-state index contributed by atoms with van der Waals surface area (Å²) >= 11 is 1.28. The predicted molar refractivity (Wildman–Crippen MR) is 130 cm³/mol. The summed E-state index contributed by atoms with van der Waals surface area (Å²) in [5, 5.41) is 13.8. The molecule has 2 aromatic carbocycles. The summed E-state index contributed by atoms with van der Waals surface area (Å²) in [6.07, 6.45) is 4.90. The first-order valence-electron chi connectivity index (χ1n) is 11.4. The molecule has 0 aromatic heterocycles. The molecular formula is C26H30N2O4S. The first-order chi connectivity index (χ1) is 16.0. The third-order valence-corrected chi connectivity index (χ3v) is 7.45. The Balaban J connectivity index is 1.52. The van der Waals surface area contributed by atoms with Gasteiger partial charge in [-0.3, -0.25) is 5.32 Å². The molecule has 0 saturated heterocycles. The largest absolute Gasteiger partial charge is 0.511 e. The number of esters is 1. The topological polar surface area (TPSA) is 78.9 Å². The first-order valence-corrected chi connectivity index (χ1v) is 12.4. The highest BCUT2D eigenvalue weighted by Gasteiger charge is 2.46. The third kappa shape index (κ3) is 5.36. The Morgan fingerprint density at radius 1 is 1.12 bits per heavy atom. The van der Waals surface area contributed by atoms with Crippen molar-refractivity contribution in [1.82, 2.24) is 10.2 Å². The number of amides is 2. The number of cyclic esters (lactones) is 1. The summed E-state index contributed by atoms with van der Waals surface area (Å²) < 4.78 is 5.89. The van der Waals surface area contributed by atoms with E-state index in [-0.39, 0.29) is 29.2 Å². The van der Waals surface area contributed by atoms with Crippen LogP contribution in [0.15, 0.2) is 71.3 Å². The van der Waals surface area contributed by atoms with Crippen molar-refractivity contribution in [3.8, 4) is 0 Å². The van der Waals surface area contributed by atoms with Gasteiger partial charge < -0.3 is 14.7 Å². The van der Waals surface area contributed by atoms with Crippen molar-refractivity contribution in [2.45, 2.75) is 50.3 Å². The van der Waals surface area contributed by atoms with Crippen LogP contribution in [-0.4, -0.2) is 40.8 Å². The summed E-state index contributed by atoms with van der Waals surface area (Å²) in [6.45, 7) is 0. The second kappa shape index (κ2) is 10.3. The molecular weight excluding hydrogens is 436 g/mol. The van der Waals surface area contributed by atoms with E-state index in [0.29, 0.717) is 11.3 Å². The van der Waals surface area contributed by atoms with Gasteiger partial charge in [-0.1, -0.05) is 73.5 Å². The average Bonchev–Trinajstić information content (AvgIpc) is 3.36. The van der Waals surface area contributed by atoms with Crippen LogP contribution >= 0.6 is 11.8 Å². The van der Waals surface area contributed by atoms with E-state index < -0.39 is 11.7 Å². The van der Waals surface area contributed by atoms with Crippen LogP contribution in [0, 0.1) is 0 Å². The lowest BCUT2D eigenvalue weighted by Gasteiger charge is -2.39. The van der Waals surface area contributed by atoms with Gasteiger partial charge in [-0.05, 0) is 24.8 Å². The van der Waals surface area contributed by atoms with Gasteiger partial charge >= 0.3 is 12.0 Å². The predicted octanol–water partition coefficient (Wildman–Crippen LogP) is 5.12. The quantitative estimate of drug-likeness (QED) is 0.554. The van der Waals surface area contributed by atoms with Crippen LogP contribution in [-0.2, 0) is 21.7 Å². The second-order valence-electron chi connectivity index (χ2n) is 8.60. The van der Waals surface area contributed by atoms with Crippen LogP contribution in [0.4, 0.5) is 4.79 Å². The number of aryl methyl sites for hydroxylation is 1. The minimum Gasteiger partial charge on any atom is -0.511 e. The van der Waals surface area contributed by atoms with Crippen LogP contribution < -0.4 is 5.32 Å². The lowest BCUT2D eigenvalue weighted by atomic mass is 9.96. The molecule has 0 spiro atoms. The number of rotatable bonds is 7. The van der Waals surface area contributed by atoms with Crippen molar-refractivity contribution < 1.29 is 19.4 Å². The maximum absolute atomic E-state index is 13.1. The molecule has 174 valence electrons. The molecule has 1 fully saturated rings. The fraction of sp³-hybridized carbons (Fsp3) is 0.385. The van der Waals surface area contributed by atoms with Gasteiger partial charge in [0.05, 0.1) is 6.42 Å². The Labute approximate surface area is 199 Å². The van der Waals surface area contributed by atoms with E-state index >= 15 is 0 Å². The molecule has 0 bridgehead atoms. The minimum absolute atomic E-state index is 0.0132. The van der Waals surface area contributed by atoms with Crippen molar-refractivity contribution in [3.63, 3.8) is 0 Å². The van der Waals surface area contributed by atoms with E-state index in [2.05, 4.69) is 5.32 Å². The van der Waals surface area contributed by atoms with Gasteiger partial charge in [0.15, 0.2) is 0 Å². The Kier molecular flexibility index (Phi) is 7.28. The molecule has 4 rings (SSSR count). The summed E-state index contributed by atoms with van der Waals surface area (Å²) in [7, 11) is 1.77. The average molecular weight is 467 g/mol. The van der Waals surface area contributed by atoms with E-state index in [1.165, 1.54) is 11.8 Å². The SMILES string of the molecule is CN(C(=O)NC1(c2ccccc2)CC(O)=C(SCCc2ccccc2)C(=O)O1)C1CCCC1. The molecule has 1 aliphatic carbocycles. The fourth-order valence-electron chi connectivity index (χ4n) is 4.46. The zero-order valence-electron chi connectivity index (χ0n) is 18.8. The molecule has 0 radical (unpaired) electrons. The lowest BCUT2D eigenvalue weighted by molar-refractivity contribution is -0.162. The van der Waals surface area contributed by atoms with Crippen molar-refractivity contribution in [2.24, 2.45) is 0 Å². The molecule has 2 amide bonds. The zero-order valence-corrected chi connectivity index (χ0v) is 19.6. The number of urea groups is 1. The second-order valence-corrected chi connectivity index (χ2v) is 9.70. The molecule has 1 saturated carbocycles. The van der Waals surface area contributed by atoms with Crippen molar-refractivity contribution in [3.05, 3.63) is 82.5 Å². The summed E-state index contributed by atoms with van der Waals surface area (Å²) in [4.78, 5) is 28.0. The van der Waals surface area contributed by atoms with Gasteiger partial charge in [-0.15, -0.1) is 11.8 Å². The monoisotopic (exact) mass is 466 g/mol. The molecule has 6 nitrogen and oxygen atoms in total. The molecule has 1 aliphatic heterocycles. The van der Waals surface area contributed by atoms with Crippen LogP contribution in [0.2, 0.25) is 0 Å². The van der Waals surface area contributed by atoms with Crippen LogP contribution in [0.3, 0.4) is 0 Å². The third-order valence-electron chi connectivity index (χ3n) is 6.35. The number of hydrogen-bond donors (Lipinski definition) is 2. The summed E-state index contributed by atoms with van der Waals surface area (Å²) in [5.74, 6) is -0.0466. The maximum Gasteiger partial charge on any atom is 0.350 e. The fourth-order valence-corrected chi connectivity index (χ4v) is 5.40. The smallest absolute Gasteiger partial charge is 0.350 e. The number of carbonyl (C=O) groups excluding carboxylic acids is 2. The number of nitrogens with one attached hydrogen (secondary N) is 1. The number of aliphatic hydroxyl groups excluding tert-OH is 1. The Morgan fingerprint density at radius 3 is 2.39 bits per heavy atom. The number of nitrogens with zero attached hydrogens (tertiary/aromatic N) is 1. The van der Waals surface area contributed by atoms with Gasteiger partial charge in [-0.2, -0.15) is 0 Å². The van der Waals surface area contributed by atoms with Crippen molar-refractivity contribution in [2.75, 3.05) is 12.8 Å². The number of aliphatic hydroxyl groups is 1. The zero-order chi connectivity index (χ0) is 23.3. The standard InChI is InChI=1S/C26H30N2O4S/c1-28(21-14-8-9-15-21)25(31)27-26(20-12-6-3-7-13-20)18-22(29)23(24(30)32-26)33-17-16-19-10-4-2-5-11-19/h2-7,10-13,21,29H,8-9,14-18H2,1H3,(H,27,31). The molecule has 2 aliphatic rings. The summed E-state index contributed by atoms with van der Waals surface area (Å²) in [6, 6.07) is 18.9. The molecule has 1 atom stereocenters.